The van der Waals surface area contributed by atoms with Crippen LogP contribution in [0.3, 0.4) is 0 Å². The lowest BCUT2D eigenvalue weighted by atomic mass is 10.1. The Morgan fingerprint density at radius 1 is 1.47 bits per heavy atom. The molecule has 3 N–H and O–H groups in total. The molecule has 19 heavy (non-hydrogen) atoms. The number of aryl methyl sites for hydroxylation is 2. The van der Waals surface area contributed by atoms with Crippen molar-refractivity contribution >= 4 is 15.9 Å². The summed E-state index contributed by atoms with van der Waals surface area (Å²) in [6.45, 7) is 5.03. The molecule has 6 heteroatoms. The summed E-state index contributed by atoms with van der Waals surface area (Å²) >= 11 is 3.53. The minimum absolute atomic E-state index is 0.205. The molecule has 104 valence electrons. The smallest absolute Gasteiger partial charge is 0.128 e. The van der Waals surface area contributed by atoms with Gasteiger partial charge in [-0.05, 0) is 34.5 Å². The van der Waals surface area contributed by atoms with E-state index in [2.05, 4.69) is 40.3 Å². The molecular formula is C13H19BrN4O. The van der Waals surface area contributed by atoms with Gasteiger partial charge in [-0.2, -0.15) is 5.10 Å². The second kappa shape index (κ2) is 6.36. The quantitative estimate of drug-likeness (QED) is 0.632. The van der Waals surface area contributed by atoms with E-state index in [0.717, 1.165) is 41.1 Å². The van der Waals surface area contributed by atoms with Crippen molar-refractivity contribution in [2.75, 3.05) is 0 Å². The average molecular weight is 327 g/mol. The average Bonchev–Trinajstić information content (AvgIpc) is 3.01. The van der Waals surface area contributed by atoms with Gasteiger partial charge in [0.1, 0.15) is 17.6 Å². The van der Waals surface area contributed by atoms with Crippen molar-refractivity contribution in [1.29, 1.82) is 0 Å². The first-order chi connectivity index (χ1) is 9.21. The van der Waals surface area contributed by atoms with Crippen molar-refractivity contribution in [2.45, 2.75) is 39.3 Å². The molecule has 0 bridgehead atoms. The summed E-state index contributed by atoms with van der Waals surface area (Å²) in [5, 5.41) is 4.36. The second-order valence-corrected chi connectivity index (χ2v) is 5.21. The summed E-state index contributed by atoms with van der Waals surface area (Å²) in [4.78, 5) is 0. The molecule has 0 saturated heterocycles. The summed E-state index contributed by atoms with van der Waals surface area (Å²) in [6, 6.07) is 3.73. The Bertz CT molecular complexity index is 534. The van der Waals surface area contributed by atoms with Crippen molar-refractivity contribution in [1.82, 2.24) is 15.2 Å². The first kappa shape index (κ1) is 14.3. The van der Waals surface area contributed by atoms with Gasteiger partial charge in [0.15, 0.2) is 0 Å². The number of nitrogens with one attached hydrogen (secondary N) is 1. The molecule has 0 amide bonds. The van der Waals surface area contributed by atoms with E-state index in [1.54, 1.807) is 6.20 Å². The molecule has 0 aliphatic rings. The van der Waals surface area contributed by atoms with Crippen LogP contribution in [0.4, 0.5) is 0 Å². The highest BCUT2D eigenvalue weighted by Crippen LogP contribution is 2.29. The van der Waals surface area contributed by atoms with E-state index in [4.69, 9.17) is 10.3 Å². The van der Waals surface area contributed by atoms with Gasteiger partial charge in [-0.25, -0.2) is 5.43 Å². The van der Waals surface area contributed by atoms with Gasteiger partial charge < -0.3 is 4.42 Å². The number of nitrogens with zero attached hydrogens (tertiary/aromatic N) is 2. The molecule has 2 rings (SSSR count). The number of hydrazine groups is 1. The molecule has 0 radical (unpaired) electrons. The molecule has 0 saturated carbocycles. The Morgan fingerprint density at radius 2 is 2.26 bits per heavy atom. The zero-order chi connectivity index (χ0) is 13.8. The highest BCUT2D eigenvalue weighted by molar-refractivity contribution is 9.10. The van der Waals surface area contributed by atoms with E-state index in [-0.39, 0.29) is 6.04 Å². The van der Waals surface area contributed by atoms with Crippen LogP contribution in [0, 0.1) is 0 Å². The van der Waals surface area contributed by atoms with E-state index in [0.29, 0.717) is 0 Å². The Labute approximate surface area is 121 Å². The molecule has 1 unspecified atom stereocenters. The maximum absolute atomic E-state index is 5.79. The lowest BCUT2D eigenvalue weighted by molar-refractivity contribution is 0.408. The molecule has 1 atom stereocenters. The third-order valence-corrected chi connectivity index (χ3v) is 3.64. The van der Waals surface area contributed by atoms with Gasteiger partial charge in [-0.1, -0.05) is 13.8 Å². The number of aromatic nitrogens is 2. The molecule has 5 nitrogen and oxygen atoms in total. The van der Waals surface area contributed by atoms with Gasteiger partial charge in [-0.15, -0.1) is 0 Å². The molecule has 2 heterocycles. The Balaban J connectivity index is 2.38. The predicted octanol–water partition coefficient (Wildman–Crippen LogP) is 2.76. The number of hydrogen-bond donors (Lipinski definition) is 2. The molecule has 0 aliphatic carbocycles. The van der Waals surface area contributed by atoms with Crippen LogP contribution in [0.25, 0.3) is 0 Å². The molecule has 0 fully saturated rings. The van der Waals surface area contributed by atoms with E-state index in [1.807, 2.05) is 16.8 Å². The van der Waals surface area contributed by atoms with Gasteiger partial charge in [0.2, 0.25) is 0 Å². The standard InChI is InChI=1S/C13H19BrN4O/c1-3-7-18-13(10(14)8-16-18)12(17-15)11-6-5-9(4-2)19-11/h5-6,8,12,17H,3-4,7,15H2,1-2H3. The van der Waals surface area contributed by atoms with Gasteiger partial charge in [0.05, 0.1) is 16.4 Å². The minimum Gasteiger partial charge on any atom is -0.464 e. The van der Waals surface area contributed by atoms with E-state index < -0.39 is 0 Å². The van der Waals surface area contributed by atoms with Crippen LogP contribution in [0.5, 0.6) is 0 Å². The molecule has 2 aromatic rings. The third kappa shape index (κ3) is 2.91. The number of rotatable bonds is 6. The van der Waals surface area contributed by atoms with E-state index in [9.17, 15) is 0 Å². The number of hydrogen-bond acceptors (Lipinski definition) is 4. The Hall–Kier alpha value is -1.11. The van der Waals surface area contributed by atoms with Crippen molar-refractivity contribution < 1.29 is 4.42 Å². The highest BCUT2D eigenvalue weighted by atomic mass is 79.9. The fourth-order valence-corrected chi connectivity index (χ4v) is 2.61. The maximum atomic E-state index is 5.79. The summed E-state index contributed by atoms with van der Waals surface area (Å²) in [6.07, 6.45) is 3.67. The maximum Gasteiger partial charge on any atom is 0.128 e. The lowest BCUT2D eigenvalue weighted by Gasteiger charge is -2.16. The van der Waals surface area contributed by atoms with Crippen LogP contribution in [0.1, 0.15) is 43.5 Å². The fourth-order valence-electron chi connectivity index (χ4n) is 2.08. The Morgan fingerprint density at radius 3 is 2.84 bits per heavy atom. The highest BCUT2D eigenvalue weighted by Gasteiger charge is 2.23. The van der Waals surface area contributed by atoms with Crippen LogP contribution in [0.15, 0.2) is 27.2 Å². The zero-order valence-electron chi connectivity index (χ0n) is 11.2. The Kier molecular flexibility index (Phi) is 4.79. The molecule has 0 aromatic carbocycles. The van der Waals surface area contributed by atoms with Gasteiger partial charge in [-0.3, -0.25) is 10.5 Å². The zero-order valence-corrected chi connectivity index (χ0v) is 12.8. The van der Waals surface area contributed by atoms with Crippen LogP contribution >= 0.6 is 15.9 Å². The van der Waals surface area contributed by atoms with Crippen LogP contribution in [-0.4, -0.2) is 9.78 Å². The molecule has 0 spiro atoms. The first-order valence-electron chi connectivity index (χ1n) is 6.47. The molecular weight excluding hydrogens is 308 g/mol. The van der Waals surface area contributed by atoms with Crippen molar-refractivity contribution in [3.05, 3.63) is 40.0 Å². The third-order valence-electron chi connectivity index (χ3n) is 3.02. The topological polar surface area (TPSA) is 69.0 Å². The summed E-state index contributed by atoms with van der Waals surface area (Å²) < 4.78 is 8.67. The number of nitrogens with two attached hydrogens (primary N) is 1. The van der Waals surface area contributed by atoms with Crippen LogP contribution in [-0.2, 0) is 13.0 Å². The number of furan rings is 1. The van der Waals surface area contributed by atoms with Crippen LogP contribution in [0.2, 0.25) is 0 Å². The summed E-state index contributed by atoms with van der Waals surface area (Å²) in [5.41, 5.74) is 3.80. The first-order valence-corrected chi connectivity index (χ1v) is 7.26. The second-order valence-electron chi connectivity index (χ2n) is 4.36. The normalized spacial score (nSPS) is 12.8. The summed E-state index contributed by atoms with van der Waals surface area (Å²) in [7, 11) is 0. The van der Waals surface area contributed by atoms with Crippen molar-refractivity contribution in [3.8, 4) is 0 Å². The SMILES string of the molecule is CCCn1ncc(Br)c1C(NN)c1ccc(CC)o1. The van der Waals surface area contributed by atoms with Gasteiger partial charge in [0.25, 0.3) is 0 Å². The number of halogens is 1. The molecule has 2 aromatic heterocycles. The van der Waals surface area contributed by atoms with E-state index >= 15 is 0 Å². The summed E-state index contributed by atoms with van der Waals surface area (Å²) in [5.74, 6) is 7.46. The molecule has 0 aliphatic heterocycles. The minimum atomic E-state index is -0.205. The van der Waals surface area contributed by atoms with Gasteiger partial charge >= 0.3 is 0 Å². The largest absolute Gasteiger partial charge is 0.464 e. The fraction of sp³-hybridized carbons (Fsp3) is 0.462. The predicted molar refractivity (Wildman–Crippen MR) is 77.5 cm³/mol. The van der Waals surface area contributed by atoms with Crippen LogP contribution < -0.4 is 11.3 Å². The lowest BCUT2D eigenvalue weighted by Crippen LogP contribution is -2.30. The van der Waals surface area contributed by atoms with Gasteiger partial charge in [0, 0.05) is 13.0 Å². The van der Waals surface area contributed by atoms with E-state index in [1.165, 1.54) is 0 Å². The van der Waals surface area contributed by atoms with Crippen molar-refractivity contribution in [2.24, 2.45) is 5.84 Å². The monoisotopic (exact) mass is 326 g/mol. The van der Waals surface area contributed by atoms with Crippen molar-refractivity contribution in [3.63, 3.8) is 0 Å².